The van der Waals surface area contributed by atoms with Crippen LogP contribution in [-0.2, 0) is 16.1 Å². The molecule has 1 atom stereocenters. The average molecular weight is 293 g/mol. The zero-order valence-electron chi connectivity index (χ0n) is 12.9. The van der Waals surface area contributed by atoms with Gasteiger partial charge in [-0.25, -0.2) is 0 Å². The standard InChI is InChI=1S/C16H23NO4/c1-17(16(18)9-13-6-7-21-11-13)10-12-4-5-14(19-2)15(8-12)20-3/h4-5,8,13H,6-7,9-11H2,1-3H3/t13-/m1/s1. The Labute approximate surface area is 125 Å². The highest BCUT2D eigenvalue weighted by molar-refractivity contribution is 5.76. The van der Waals surface area contributed by atoms with E-state index in [0.29, 0.717) is 37.0 Å². The Kier molecular flexibility index (Phi) is 5.44. The second kappa shape index (κ2) is 7.31. The summed E-state index contributed by atoms with van der Waals surface area (Å²) >= 11 is 0. The quantitative estimate of drug-likeness (QED) is 0.806. The summed E-state index contributed by atoms with van der Waals surface area (Å²) in [5.74, 6) is 1.89. The highest BCUT2D eigenvalue weighted by atomic mass is 16.5. The van der Waals surface area contributed by atoms with Gasteiger partial charge in [-0.1, -0.05) is 6.07 Å². The molecule has 2 rings (SSSR count). The van der Waals surface area contributed by atoms with Crippen molar-refractivity contribution in [2.75, 3.05) is 34.5 Å². The first-order valence-corrected chi connectivity index (χ1v) is 7.16. The molecule has 1 aromatic rings. The third-order valence-corrected chi connectivity index (χ3v) is 3.78. The molecule has 0 aromatic heterocycles. The molecule has 21 heavy (non-hydrogen) atoms. The van der Waals surface area contributed by atoms with E-state index in [4.69, 9.17) is 14.2 Å². The van der Waals surface area contributed by atoms with Gasteiger partial charge in [0.15, 0.2) is 11.5 Å². The van der Waals surface area contributed by atoms with Gasteiger partial charge in [0.05, 0.1) is 14.2 Å². The summed E-state index contributed by atoms with van der Waals surface area (Å²) in [5.41, 5.74) is 1.02. The highest BCUT2D eigenvalue weighted by Crippen LogP contribution is 2.28. The molecule has 1 fully saturated rings. The zero-order valence-corrected chi connectivity index (χ0v) is 12.9. The fourth-order valence-electron chi connectivity index (χ4n) is 2.49. The van der Waals surface area contributed by atoms with Crippen LogP contribution in [0.15, 0.2) is 18.2 Å². The van der Waals surface area contributed by atoms with Crippen LogP contribution < -0.4 is 9.47 Å². The fraction of sp³-hybridized carbons (Fsp3) is 0.562. The van der Waals surface area contributed by atoms with Crippen molar-refractivity contribution in [2.24, 2.45) is 5.92 Å². The van der Waals surface area contributed by atoms with Crippen molar-refractivity contribution >= 4 is 5.91 Å². The van der Waals surface area contributed by atoms with Crippen molar-refractivity contribution in [3.63, 3.8) is 0 Å². The first-order valence-electron chi connectivity index (χ1n) is 7.16. The predicted molar refractivity (Wildman–Crippen MR) is 79.6 cm³/mol. The van der Waals surface area contributed by atoms with Gasteiger partial charge >= 0.3 is 0 Å². The molecule has 1 aliphatic rings. The number of hydrogen-bond donors (Lipinski definition) is 0. The van der Waals surface area contributed by atoms with E-state index in [0.717, 1.165) is 18.6 Å². The van der Waals surface area contributed by atoms with Crippen LogP contribution in [0, 0.1) is 5.92 Å². The minimum Gasteiger partial charge on any atom is -0.493 e. The van der Waals surface area contributed by atoms with Gasteiger partial charge in [-0.15, -0.1) is 0 Å². The molecule has 1 aromatic carbocycles. The number of ether oxygens (including phenoxy) is 3. The number of carbonyl (C=O) groups is 1. The lowest BCUT2D eigenvalue weighted by Crippen LogP contribution is -2.28. The zero-order chi connectivity index (χ0) is 15.2. The third kappa shape index (κ3) is 4.11. The van der Waals surface area contributed by atoms with E-state index >= 15 is 0 Å². The summed E-state index contributed by atoms with van der Waals surface area (Å²) < 4.78 is 15.8. The summed E-state index contributed by atoms with van der Waals surface area (Å²) in [5, 5.41) is 0. The van der Waals surface area contributed by atoms with Gasteiger partial charge in [-0.05, 0) is 30.0 Å². The number of methoxy groups -OCH3 is 2. The SMILES string of the molecule is COc1ccc(CN(C)C(=O)C[C@H]2CCOC2)cc1OC. The van der Waals surface area contributed by atoms with Crippen molar-refractivity contribution in [3.8, 4) is 11.5 Å². The Morgan fingerprint density at radius 1 is 1.33 bits per heavy atom. The third-order valence-electron chi connectivity index (χ3n) is 3.78. The second-order valence-corrected chi connectivity index (χ2v) is 5.37. The van der Waals surface area contributed by atoms with Crippen LogP contribution in [0.5, 0.6) is 11.5 Å². The molecule has 0 spiro atoms. The smallest absolute Gasteiger partial charge is 0.222 e. The Morgan fingerprint density at radius 3 is 2.71 bits per heavy atom. The molecule has 1 amide bonds. The molecule has 0 unspecified atom stereocenters. The summed E-state index contributed by atoms with van der Waals surface area (Å²) in [4.78, 5) is 13.9. The van der Waals surface area contributed by atoms with Gasteiger partial charge in [0, 0.05) is 33.2 Å². The number of nitrogens with zero attached hydrogens (tertiary/aromatic N) is 1. The molecule has 116 valence electrons. The van der Waals surface area contributed by atoms with E-state index in [-0.39, 0.29) is 5.91 Å². The Hall–Kier alpha value is -1.75. The maximum atomic E-state index is 12.2. The van der Waals surface area contributed by atoms with Crippen molar-refractivity contribution in [2.45, 2.75) is 19.4 Å². The lowest BCUT2D eigenvalue weighted by molar-refractivity contribution is -0.131. The van der Waals surface area contributed by atoms with E-state index in [2.05, 4.69) is 0 Å². The summed E-state index contributed by atoms with van der Waals surface area (Å²) in [6, 6.07) is 5.71. The summed E-state index contributed by atoms with van der Waals surface area (Å²) in [6.45, 7) is 2.04. The van der Waals surface area contributed by atoms with Crippen molar-refractivity contribution < 1.29 is 19.0 Å². The molecule has 0 bridgehead atoms. The number of benzene rings is 1. The molecule has 1 saturated heterocycles. The number of rotatable bonds is 6. The van der Waals surface area contributed by atoms with Gasteiger partial charge in [-0.2, -0.15) is 0 Å². The minimum atomic E-state index is 0.153. The van der Waals surface area contributed by atoms with E-state index < -0.39 is 0 Å². The maximum Gasteiger partial charge on any atom is 0.222 e. The molecule has 0 aliphatic carbocycles. The van der Waals surface area contributed by atoms with Crippen LogP contribution in [0.25, 0.3) is 0 Å². The van der Waals surface area contributed by atoms with Crippen molar-refractivity contribution in [3.05, 3.63) is 23.8 Å². The van der Waals surface area contributed by atoms with Crippen LogP contribution in [0.3, 0.4) is 0 Å². The topological polar surface area (TPSA) is 48.0 Å². The van der Waals surface area contributed by atoms with Crippen LogP contribution in [0.1, 0.15) is 18.4 Å². The fourth-order valence-corrected chi connectivity index (χ4v) is 2.49. The van der Waals surface area contributed by atoms with Crippen molar-refractivity contribution in [1.82, 2.24) is 4.90 Å². The van der Waals surface area contributed by atoms with Gasteiger partial charge < -0.3 is 19.1 Å². The molecule has 0 N–H and O–H groups in total. The predicted octanol–water partition coefficient (Wildman–Crippen LogP) is 2.09. The molecule has 5 nitrogen and oxygen atoms in total. The molecular formula is C16H23NO4. The molecule has 5 heteroatoms. The largest absolute Gasteiger partial charge is 0.493 e. The van der Waals surface area contributed by atoms with Gasteiger partial charge in [0.1, 0.15) is 0 Å². The van der Waals surface area contributed by atoms with E-state index in [9.17, 15) is 4.79 Å². The maximum absolute atomic E-state index is 12.2. The lowest BCUT2D eigenvalue weighted by atomic mass is 10.0. The Morgan fingerprint density at radius 2 is 2.10 bits per heavy atom. The molecule has 0 saturated carbocycles. The van der Waals surface area contributed by atoms with E-state index in [1.54, 1.807) is 19.1 Å². The van der Waals surface area contributed by atoms with Gasteiger partial charge in [0.2, 0.25) is 5.91 Å². The minimum absolute atomic E-state index is 0.153. The highest BCUT2D eigenvalue weighted by Gasteiger charge is 2.21. The van der Waals surface area contributed by atoms with Gasteiger partial charge in [0.25, 0.3) is 0 Å². The van der Waals surface area contributed by atoms with Gasteiger partial charge in [-0.3, -0.25) is 4.79 Å². The lowest BCUT2D eigenvalue weighted by Gasteiger charge is -2.19. The molecular weight excluding hydrogens is 270 g/mol. The van der Waals surface area contributed by atoms with Crippen molar-refractivity contribution in [1.29, 1.82) is 0 Å². The molecule has 1 aliphatic heterocycles. The Bertz CT molecular complexity index is 483. The molecule has 0 radical (unpaired) electrons. The molecule has 1 heterocycles. The first kappa shape index (κ1) is 15.6. The second-order valence-electron chi connectivity index (χ2n) is 5.37. The number of hydrogen-bond acceptors (Lipinski definition) is 4. The van der Waals surface area contributed by atoms with E-state index in [1.165, 1.54) is 0 Å². The van der Waals surface area contributed by atoms with Crippen LogP contribution in [0.4, 0.5) is 0 Å². The normalized spacial score (nSPS) is 17.6. The van der Waals surface area contributed by atoms with Crippen LogP contribution in [0.2, 0.25) is 0 Å². The number of carbonyl (C=O) groups excluding carboxylic acids is 1. The number of amides is 1. The summed E-state index contributed by atoms with van der Waals surface area (Å²) in [7, 11) is 5.04. The summed E-state index contributed by atoms with van der Waals surface area (Å²) in [6.07, 6.45) is 1.54. The van der Waals surface area contributed by atoms with Crippen LogP contribution in [-0.4, -0.2) is 45.3 Å². The Balaban J connectivity index is 1.94. The first-order chi connectivity index (χ1) is 10.1. The van der Waals surface area contributed by atoms with E-state index in [1.807, 2.05) is 25.2 Å². The van der Waals surface area contributed by atoms with Crippen LogP contribution >= 0.6 is 0 Å². The monoisotopic (exact) mass is 293 g/mol. The average Bonchev–Trinajstić information content (AvgIpc) is 2.99.